The number of nitrogens with zero attached hydrogens (tertiary/aromatic N) is 2. The van der Waals surface area contributed by atoms with Crippen molar-refractivity contribution in [2.24, 2.45) is 0 Å². The first kappa shape index (κ1) is 20.2. The first-order valence-electron chi connectivity index (χ1n) is 9.68. The van der Waals surface area contributed by atoms with Crippen molar-refractivity contribution >= 4 is 39.9 Å². The number of anilines is 1. The molecular weight excluding hydrogens is 402 g/mol. The Morgan fingerprint density at radius 1 is 1.20 bits per heavy atom. The number of pyridine rings is 1. The maximum absolute atomic E-state index is 13.8. The maximum atomic E-state index is 13.8. The molecule has 6 nitrogen and oxygen atoms in total. The molecule has 1 N–H and O–H groups in total. The number of benzene rings is 2. The van der Waals surface area contributed by atoms with E-state index in [4.69, 9.17) is 16.3 Å². The number of rotatable bonds is 4. The Morgan fingerprint density at radius 2 is 2.00 bits per heavy atom. The minimum atomic E-state index is -1.10. The van der Waals surface area contributed by atoms with Crippen LogP contribution in [0.2, 0.25) is 5.02 Å². The third-order valence-electron chi connectivity index (χ3n) is 5.55. The van der Waals surface area contributed by atoms with Gasteiger partial charge in [0.1, 0.15) is 5.75 Å². The molecule has 1 aliphatic rings. The fraction of sp³-hybridized carbons (Fsp3) is 0.261. The van der Waals surface area contributed by atoms with Crippen LogP contribution in [0.25, 0.3) is 10.8 Å². The van der Waals surface area contributed by atoms with E-state index < -0.39 is 5.41 Å². The molecule has 0 spiro atoms. The van der Waals surface area contributed by atoms with Crippen molar-refractivity contribution in [3.05, 3.63) is 65.4 Å². The van der Waals surface area contributed by atoms with Gasteiger partial charge >= 0.3 is 0 Å². The van der Waals surface area contributed by atoms with Gasteiger partial charge in [-0.2, -0.15) is 0 Å². The average Bonchev–Trinajstić information content (AvgIpc) is 2.74. The molecule has 1 aromatic heterocycles. The lowest BCUT2D eigenvalue weighted by Crippen LogP contribution is -2.47. The van der Waals surface area contributed by atoms with Gasteiger partial charge in [-0.1, -0.05) is 35.9 Å². The minimum Gasteiger partial charge on any atom is -0.493 e. The number of halogens is 1. The van der Waals surface area contributed by atoms with Gasteiger partial charge in [0, 0.05) is 54.5 Å². The highest BCUT2D eigenvalue weighted by molar-refractivity contribution is 6.30. The van der Waals surface area contributed by atoms with E-state index in [0.29, 0.717) is 35.1 Å². The Kier molecular flexibility index (Phi) is 5.35. The summed E-state index contributed by atoms with van der Waals surface area (Å²) in [5.41, 5.74) is 0.128. The number of amides is 2. The second kappa shape index (κ2) is 7.95. The third kappa shape index (κ3) is 3.59. The SMILES string of the molecule is CN(C)C(=O)CC1(C(=O)Nc2cncc3ccccc23)CCOc2ccc(Cl)cc21. The summed E-state index contributed by atoms with van der Waals surface area (Å²) in [6.45, 7) is 0.330. The van der Waals surface area contributed by atoms with Crippen LogP contribution in [0.1, 0.15) is 18.4 Å². The number of hydrogen-bond donors (Lipinski definition) is 1. The summed E-state index contributed by atoms with van der Waals surface area (Å²) in [6.07, 6.45) is 3.75. The molecule has 1 unspecified atom stereocenters. The summed E-state index contributed by atoms with van der Waals surface area (Å²) in [6, 6.07) is 12.9. The molecule has 2 aromatic carbocycles. The van der Waals surface area contributed by atoms with Crippen LogP contribution in [0.5, 0.6) is 5.75 Å². The zero-order valence-corrected chi connectivity index (χ0v) is 17.6. The summed E-state index contributed by atoms with van der Waals surface area (Å²) in [4.78, 5) is 32.2. The Bertz CT molecular complexity index is 1130. The Hall–Kier alpha value is -3.12. The van der Waals surface area contributed by atoms with Gasteiger partial charge in [0.2, 0.25) is 11.8 Å². The highest BCUT2D eigenvalue weighted by atomic mass is 35.5. The summed E-state index contributed by atoms with van der Waals surface area (Å²) >= 11 is 6.25. The van der Waals surface area contributed by atoms with Crippen LogP contribution in [0.15, 0.2) is 54.9 Å². The molecule has 0 saturated carbocycles. The standard InChI is InChI=1S/C23H22ClN3O3/c1-27(2)21(28)12-23(9-10-30-20-8-7-16(24)11-18(20)23)22(29)26-19-14-25-13-15-5-3-4-6-17(15)19/h3-8,11,13-14H,9-10,12H2,1-2H3,(H,26,29). The quantitative estimate of drug-likeness (QED) is 0.687. The highest BCUT2D eigenvalue weighted by Crippen LogP contribution is 2.44. The van der Waals surface area contributed by atoms with Gasteiger partial charge in [-0.05, 0) is 18.2 Å². The van der Waals surface area contributed by atoms with E-state index >= 15 is 0 Å². The summed E-state index contributed by atoms with van der Waals surface area (Å²) in [7, 11) is 3.36. The van der Waals surface area contributed by atoms with Crippen LogP contribution < -0.4 is 10.1 Å². The van der Waals surface area contributed by atoms with E-state index in [1.807, 2.05) is 24.3 Å². The van der Waals surface area contributed by atoms with Crippen molar-refractivity contribution in [1.29, 1.82) is 0 Å². The maximum Gasteiger partial charge on any atom is 0.235 e. The zero-order valence-electron chi connectivity index (χ0n) is 16.8. The van der Waals surface area contributed by atoms with Gasteiger partial charge in [-0.15, -0.1) is 0 Å². The van der Waals surface area contributed by atoms with Crippen LogP contribution in [-0.2, 0) is 15.0 Å². The van der Waals surface area contributed by atoms with Gasteiger partial charge in [0.25, 0.3) is 0 Å². The molecule has 3 aromatic rings. The van der Waals surface area contributed by atoms with Crippen molar-refractivity contribution in [2.75, 3.05) is 26.0 Å². The number of aromatic nitrogens is 1. The number of fused-ring (bicyclic) bond motifs is 2. The molecule has 154 valence electrons. The van der Waals surface area contributed by atoms with E-state index in [2.05, 4.69) is 10.3 Å². The summed E-state index contributed by atoms with van der Waals surface area (Å²) < 4.78 is 5.77. The second-order valence-corrected chi connectivity index (χ2v) is 8.08. The smallest absolute Gasteiger partial charge is 0.235 e. The topological polar surface area (TPSA) is 71.5 Å². The molecule has 0 fully saturated rings. The van der Waals surface area contributed by atoms with E-state index in [1.165, 1.54) is 4.90 Å². The Labute approximate surface area is 179 Å². The number of hydrogen-bond acceptors (Lipinski definition) is 4. The van der Waals surface area contributed by atoms with Crippen LogP contribution in [-0.4, -0.2) is 42.4 Å². The van der Waals surface area contributed by atoms with E-state index in [1.54, 1.807) is 44.7 Å². The number of carbonyl (C=O) groups is 2. The number of ether oxygens (including phenoxy) is 1. The largest absolute Gasteiger partial charge is 0.493 e. The molecule has 30 heavy (non-hydrogen) atoms. The lowest BCUT2D eigenvalue weighted by molar-refractivity contribution is -0.134. The lowest BCUT2D eigenvalue weighted by atomic mass is 9.72. The van der Waals surface area contributed by atoms with Crippen molar-refractivity contribution in [1.82, 2.24) is 9.88 Å². The Balaban J connectivity index is 1.80. The molecule has 7 heteroatoms. The van der Waals surface area contributed by atoms with Crippen LogP contribution in [0, 0.1) is 0 Å². The first-order chi connectivity index (χ1) is 14.4. The molecular formula is C23H22ClN3O3. The van der Waals surface area contributed by atoms with Gasteiger partial charge in [-0.3, -0.25) is 14.6 Å². The minimum absolute atomic E-state index is 0.0146. The van der Waals surface area contributed by atoms with Crippen molar-refractivity contribution in [2.45, 2.75) is 18.3 Å². The van der Waals surface area contributed by atoms with Gasteiger partial charge in [0.05, 0.1) is 23.9 Å². The predicted molar refractivity (Wildman–Crippen MR) is 117 cm³/mol. The molecule has 2 amide bonds. The van der Waals surface area contributed by atoms with Crippen LogP contribution in [0.3, 0.4) is 0 Å². The van der Waals surface area contributed by atoms with E-state index in [9.17, 15) is 9.59 Å². The average molecular weight is 424 g/mol. The van der Waals surface area contributed by atoms with Crippen molar-refractivity contribution < 1.29 is 14.3 Å². The molecule has 0 bridgehead atoms. The van der Waals surface area contributed by atoms with Gasteiger partial charge in [0.15, 0.2) is 0 Å². The number of carbonyl (C=O) groups excluding carboxylic acids is 2. The monoisotopic (exact) mass is 423 g/mol. The zero-order chi connectivity index (χ0) is 21.3. The second-order valence-electron chi connectivity index (χ2n) is 7.65. The third-order valence-corrected chi connectivity index (χ3v) is 5.78. The van der Waals surface area contributed by atoms with E-state index in [-0.39, 0.29) is 18.2 Å². The Morgan fingerprint density at radius 3 is 2.80 bits per heavy atom. The number of nitrogens with one attached hydrogen (secondary N) is 1. The fourth-order valence-corrected chi connectivity index (χ4v) is 4.02. The molecule has 0 aliphatic carbocycles. The molecule has 1 atom stereocenters. The van der Waals surface area contributed by atoms with Crippen LogP contribution >= 0.6 is 11.6 Å². The van der Waals surface area contributed by atoms with Gasteiger partial charge < -0.3 is 15.0 Å². The summed E-state index contributed by atoms with van der Waals surface area (Å²) in [5.74, 6) is 0.153. The molecule has 0 radical (unpaired) electrons. The fourth-order valence-electron chi connectivity index (χ4n) is 3.85. The predicted octanol–water partition coefficient (Wildman–Crippen LogP) is 4.03. The van der Waals surface area contributed by atoms with Crippen molar-refractivity contribution in [3.8, 4) is 5.75 Å². The molecule has 1 aliphatic heterocycles. The van der Waals surface area contributed by atoms with Gasteiger partial charge in [-0.25, -0.2) is 0 Å². The van der Waals surface area contributed by atoms with Crippen LogP contribution in [0.4, 0.5) is 5.69 Å². The van der Waals surface area contributed by atoms with Crippen molar-refractivity contribution in [3.63, 3.8) is 0 Å². The van der Waals surface area contributed by atoms with E-state index in [0.717, 1.165) is 10.8 Å². The molecule has 0 saturated heterocycles. The molecule has 4 rings (SSSR count). The normalized spacial score (nSPS) is 17.7. The lowest BCUT2D eigenvalue weighted by Gasteiger charge is -2.38. The summed E-state index contributed by atoms with van der Waals surface area (Å²) in [5, 5.41) is 5.32. The molecule has 2 heterocycles. The highest BCUT2D eigenvalue weighted by Gasteiger charge is 2.46. The first-order valence-corrected chi connectivity index (χ1v) is 10.1.